The van der Waals surface area contributed by atoms with Gasteiger partial charge in [-0.2, -0.15) is 5.26 Å². The Labute approximate surface area is 109 Å². The molecule has 3 aromatic rings. The minimum Gasteiger partial charge on any atom is -0.353 e. The van der Waals surface area contributed by atoms with E-state index in [1.165, 1.54) is 0 Å². The number of benzene rings is 2. The van der Waals surface area contributed by atoms with Gasteiger partial charge in [-0.15, -0.1) is 0 Å². The lowest BCUT2D eigenvalue weighted by Crippen LogP contribution is -1.80. The number of hydrogen-bond donors (Lipinski definition) is 1. The van der Waals surface area contributed by atoms with Gasteiger partial charge in [-0.1, -0.05) is 48.0 Å². The normalized spacial score (nSPS) is 10.4. The largest absolute Gasteiger partial charge is 0.353 e. The van der Waals surface area contributed by atoms with E-state index in [2.05, 4.69) is 11.1 Å². The smallest absolute Gasteiger partial charge is 0.102 e. The Morgan fingerprint density at radius 2 is 1.78 bits per heavy atom. The summed E-state index contributed by atoms with van der Waals surface area (Å²) in [7, 11) is 0. The van der Waals surface area contributed by atoms with Crippen LogP contribution in [-0.2, 0) is 0 Å². The Bertz CT molecular complexity index is 751. The van der Waals surface area contributed by atoms with E-state index < -0.39 is 0 Å². The van der Waals surface area contributed by atoms with Crippen molar-refractivity contribution in [3.63, 3.8) is 0 Å². The molecule has 2 nitrogen and oxygen atoms in total. The standard InChI is InChI=1S/C15H9ClN2/c16-12-7-4-8-13-14(12)11(9-17)15(18-13)10-5-2-1-3-6-10/h1-8,18H. The summed E-state index contributed by atoms with van der Waals surface area (Å²) in [6.45, 7) is 0. The van der Waals surface area contributed by atoms with Crippen LogP contribution in [0.25, 0.3) is 22.2 Å². The molecule has 0 atom stereocenters. The first-order valence-electron chi connectivity index (χ1n) is 5.57. The van der Waals surface area contributed by atoms with Gasteiger partial charge in [-0.05, 0) is 17.7 Å². The van der Waals surface area contributed by atoms with Crippen LogP contribution in [0.2, 0.25) is 5.02 Å². The fourth-order valence-corrected chi connectivity index (χ4v) is 2.41. The fraction of sp³-hybridized carbons (Fsp3) is 0. The predicted molar refractivity (Wildman–Crippen MR) is 73.5 cm³/mol. The maximum absolute atomic E-state index is 9.36. The number of halogens is 1. The summed E-state index contributed by atoms with van der Waals surface area (Å²) in [4.78, 5) is 3.27. The molecule has 0 spiro atoms. The Morgan fingerprint density at radius 3 is 2.50 bits per heavy atom. The summed E-state index contributed by atoms with van der Waals surface area (Å²) in [5.41, 5.74) is 3.29. The van der Waals surface area contributed by atoms with Gasteiger partial charge in [0.05, 0.1) is 16.3 Å². The van der Waals surface area contributed by atoms with Gasteiger partial charge in [0.25, 0.3) is 0 Å². The van der Waals surface area contributed by atoms with Crippen LogP contribution in [0.15, 0.2) is 48.5 Å². The molecule has 3 rings (SSSR count). The maximum atomic E-state index is 9.36. The van der Waals surface area contributed by atoms with E-state index in [1.807, 2.05) is 42.5 Å². The van der Waals surface area contributed by atoms with Crippen LogP contribution in [0.4, 0.5) is 0 Å². The number of aromatic amines is 1. The molecule has 0 unspecified atom stereocenters. The molecule has 0 bridgehead atoms. The van der Waals surface area contributed by atoms with Crippen molar-refractivity contribution in [1.82, 2.24) is 4.98 Å². The summed E-state index contributed by atoms with van der Waals surface area (Å²) < 4.78 is 0. The molecule has 0 aliphatic carbocycles. The number of H-pyrrole nitrogens is 1. The van der Waals surface area contributed by atoms with Crippen LogP contribution in [-0.4, -0.2) is 4.98 Å². The van der Waals surface area contributed by atoms with Gasteiger partial charge in [-0.3, -0.25) is 0 Å². The van der Waals surface area contributed by atoms with Gasteiger partial charge < -0.3 is 4.98 Å². The molecule has 1 N–H and O–H groups in total. The van der Waals surface area contributed by atoms with Crippen molar-refractivity contribution in [2.75, 3.05) is 0 Å². The molecule has 0 aliphatic rings. The van der Waals surface area contributed by atoms with Crippen LogP contribution < -0.4 is 0 Å². The van der Waals surface area contributed by atoms with Crippen molar-refractivity contribution in [2.45, 2.75) is 0 Å². The van der Waals surface area contributed by atoms with Crippen LogP contribution in [0, 0.1) is 11.3 Å². The molecular formula is C15H9ClN2. The molecular weight excluding hydrogens is 244 g/mol. The molecule has 0 radical (unpaired) electrons. The van der Waals surface area contributed by atoms with Gasteiger partial charge in [-0.25, -0.2) is 0 Å². The lowest BCUT2D eigenvalue weighted by molar-refractivity contribution is 1.43. The van der Waals surface area contributed by atoms with E-state index in [1.54, 1.807) is 6.07 Å². The van der Waals surface area contributed by atoms with Gasteiger partial charge in [0.1, 0.15) is 6.07 Å². The molecule has 18 heavy (non-hydrogen) atoms. The van der Waals surface area contributed by atoms with Crippen molar-refractivity contribution in [1.29, 1.82) is 5.26 Å². The van der Waals surface area contributed by atoms with Crippen LogP contribution >= 0.6 is 11.6 Å². The zero-order chi connectivity index (χ0) is 12.5. The van der Waals surface area contributed by atoms with E-state index in [4.69, 9.17) is 11.6 Å². The molecule has 1 heterocycles. The summed E-state index contributed by atoms with van der Waals surface area (Å²) >= 11 is 6.17. The number of nitrogens with zero attached hydrogens (tertiary/aromatic N) is 1. The second-order valence-electron chi connectivity index (χ2n) is 4.02. The van der Waals surface area contributed by atoms with Crippen LogP contribution in [0.5, 0.6) is 0 Å². The van der Waals surface area contributed by atoms with Gasteiger partial charge >= 0.3 is 0 Å². The topological polar surface area (TPSA) is 39.6 Å². The average molecular weight is 253 g/mol. The Morgan fingerprint density at radius 1 is 1.00 bits per heavy atom. The van der Waals surface area contributed by atoms with E-state index in [-0.39, 0.29) is 0 Å². The van der Waals surface area contributed by atoms with Crippen LogP contribution in [0.3, 0.4) is 0 Å². The maximum Gasteiger partial charge on any atom is 0.102 e. The van der Waals surface area contributed by atoms with Crippen molar-refractivity contribution in [3.8, 4) is 17.3 Å². The third-order valence-corrected chi connectivity index (χ3v) is 3.26. The fourth-order valence-electron chi connectivity index (χ4n) is 2.14. The monoisotopic (exact) mass is 252 g/mol. The Kier molecular flexibility index (Phi) is 2.55. The quantitative estimate of drug-likeness (QED) is 0.687. The van der Waals surface area contributed by atoms with Crippen molar-refractivity contribution >= 4 is 22.5 Å². The molecule has 86 valence electrons. The zero-order valence-electron chi connectivity index (χ0n) is 9.44. The molecule has 0 fully saturated rings. The number of nitrogens with one attached hydrogen (secondary N) is 1. The molecule has 3 heteroatoms. The number of hydrogen-bond acceptors (Lipinski definition) is 1. The van der Waals surface area contributed by atoms with Gasteiger partial charge in [0.2, 0.25) is 0 Å². The van der Waals surface area contributed by atoms with E-state index in [9.17, 15) is 5.26 Å². The highest BCUT2D eigenvalue weighted by Gasteiger charge is 2.14. The molecule has 2 aromatic carbocycles. The second kappa shape index (κ2) is 4.21. The SMILES string of the molecule is N#Cc1c(-c2ccccc2)[nH]c2cccc(Cl)c12. The summed E-state index contributed by atoms with van der Waals surface area (Å²) in [5.74, 6) is 0. The van der Waals surface area contributed by atoms with E-state index >= 15 is 0 Å². The third kappa shape index (κ3) is 1.57. The van der Waals surface area contributed by atoms with Gasteiger partial charge in [0, 0.05) is 10.9 Å². The highest BCUT2D eigenvalue weighted by atomic mass is 35.5. The second-order valence-corrected chi connectivity index (χ2v) is 4.42. The van der Waals surface area contributed by atoms with Crippen molar-refractivity contribution < 1.29 is 0 Å². The third-order valence-electron chi connectivity index (χ3n) is 2.95. The lowest BCUT2D eigenvalue weighted by atomic mass is 10.1. The molecule has 0 aliphatic heterocycles. The highest BCUT2D eigenvalue weighted by molar-refractivity contribution is 6.36. The number of fused-ring (bicyclic) bond motifs is 1. The first-order chi connectivity index (χ1) is 8.81. The Balaban J connectivity index is 2.39. The number of aromatic nitrogens is 1. The average Bonchev–Trinajstić information content (AvgIpc) is 2.79. The minimum absolute atomic E-state index is 0.599. The minimum atomic E-state index is 0.599. The number of rotatable bonds is 1. The summed E-state index contributed by atoms with van der Waals surface area (Å²) in [6.07, 6.45) is 0. The first kappa shape index (κ1) is 10.9. The van der Waals surface area contributed by atoms with E-state index in [0.717, 1.165) is 22.2 Å². The number of nitriles is 1. The van der Waals surface area contributed by atoms with Gasteiger partial charge in [0.15, 0.2) is 0 Å². The summed E-state index contributed by atoms with van der Waals surface area (Å²) in [6, 6.07) is 17.6. The first-order valence-corrected chi connectivity index (χ1v) is 5.95. The van der Waals surface area contributed by atoms with Crippen molar-refractivity contribution in [2.24, 2.45) is 0 Å². The van der Waals surface area contributed by atoms with Crippen LogP contribution in [0.1, 0.15) is 5.56 Å². The van der Waals surface area contributed by atoms with Crippen molar-refractivity contribution in [3.05, 3.63) is 59.1 Å². The van der Waals surface area contributed by atoms with E-state index in [0.29, 0.717) is 10.6 Å². The lowest BCUT2D eigenvalue weighted by Gasteiger charge is -1.97. The summed E-state index contributed by atoms with van der Waals surface area (Å²) in [5, 5.41) is 10.8. The predicted octanol–water partition coefficient (Wildman–Crippen LogP) is 4.36. The molecule has 0 saturated heterocycles. The zero-order valence-corrected chi connectivity index (χ0v) is 10.2. The highest BCUT2D eigenvalue weighted by Crippen LogP contribution is 2.33. The molecule has 0 saturated carbocycles. The molecule has 0 amide bonds. The Hall–Kier alpha value is -2.24. The molecule has 1 aromatic heterocycles.